The second-order valence-corrected chi connectivity index (χ2v) is 7.80. The third kappa shape index (κ3) is 4.59. The molecule has 140 valence electrons. The van der Waals surface area contributed by atoms with Crippen molar-refractivity contribution in [1.29, 1.82) is 0 Å². The minimum Gasteiger partial charge on any atom is -0.488 e. The van der Waals surface area contributed by atoms with Crippen LogP contribution in [0, 0.1) is 5.82 Å². The van der Waals surface area contributed by atoms with Crippen LogP contribution in [0.4, 0.5) is 9.18 Å². The molecule has 1 fully saturated rings. The van der Waals surface area contributed by atoms with E-state index < -0.39 is 0 Å². The SMILES string of the molecule is CCCN1C(=O)S/C(=C/c2cc(Br)ccc2OCc2ccccc2F)C1=O. The van der Waals surface area contributed by atoms with Crippen LogP contribution < -0.4 is 4.74 Å². The maximum Gasteiger partial charge on any atom is 0.293 e. The fourth-order valence-corrected chi connectivity index (χ4v) is 3.83. The first-order valence-corrected chi connectivity index (χ1v) is 10.0. The molecule has 0 aliphatic carbocycles. The molecule has 4 nitrogen and oxygen atoms in total. The Labute approximate surface area is 169 Å². The van der Waals surface area contributed by atoms with E-state index in [9.17, 15) is 14.0 Å². The molecule has 0 N–H and O–H groups in total. The minimum absolute atomic E-state index is 0.0620. The summed E-state index contributed by atoms with van der Waals surface area (Å²) in [6.45, 7) is 2.37. The zero-order chi connectivity index (χ0) is 19.4. The number of nitrogens with zero attached hydrogens (tertiary/aromatic N) is 1. The highest BCUT2D eigenvalue weighted by atomic mass is 79.9. The summed E-state index contributed by atoms with van der Waals surface area (Å²) in [4.78, 5) is 26.1. The predicted octanol–water partition coefficient (Wildman–Crippen LogP) is 5.61. The number of imide groups is 1. The number of halogens is 2. The van der Waals surface area contributed by atoms with Gasteiger partial charge in [-0.2, -0.15) is 0 Å². The number of ether oxygens (including phenoxy) is 1. The van der Waals surface area contributed by atoms with E-state index in [1.54, 1.807) is 42.5 Å². The maximum atomic E-state index is 13.8. The Bertz CT molecular complexity index is 916. The van der Waals surface area contributed by atoms with Crippen LogP contribution in [0.5, 0.6) is 5.75 Å². The fraction of sp³-hybridized carbons (Fsp3) is 0.200. The van der Waals surface area contributed by atoms with Gasteiger partial charge in [0.25, 0.3) is 11.1 Å². The monoisotopic (exact) mass is 449 g/mol. The Morgan fingerprint density at radius 2 is 2.00 bits per heavy atom. The van der Waals surface area contributed by atoms with Crippen molar-refractivity contribution in [2.45, 2.75) is 20.0 Å². The normalized spacial score (nSPS) is 15.7. The lowest BCUT2D eigenvalue weighted by molar-refractivity contribution is -0.122. The topological polar surface area (TPSA) is 46.6 Å². The van der Waals surface area contributed by atoms with Crippen molar-refractivity contribution in [2.24, 2.45) is 0 Å². The number of hydrogen-bond donors (Lipinski definition) is 0. The molecule has 2 aromatic rings. The second-order valence-electron chi connectivity index (χ2n) is 5.90. The predicted molar refractivity (Wildman–Crippen MR) is 108 cm³/mol. The molecule has 1 aliphatic heterocycles. The standard InChI is InChI=1S/C20H17BrFNO3S/c1-2-9-23-19(24)18(27-20(23)25)11-14-10-15(21)7-8-17(14)26-12-13-5-3-4-6-16(13)22/h3-8,10-11H,2,9,12H2,1H3/b18-11+. The molecule has 1 aliphatic rings. The Morgan fingerprint density at radius 1 is 1.22 bits per heavy atom. The van der Waals surface area contributed by atoms with Gasteiger partial charge in [0.2, 0.25) is 0 Å². The van der Waals surface area contributed by atoms with Crippen LogP contribution in [-0.2, 0) is 11.4 Å². The van der Waals surface area contributed by atoms with Crippen LogP contribution in [0.3, 0.4) is 0 Å². The van der Waals surface area contributed by atoms with E-state index in [0.29, 0.717) is 34.7 Å². The number of amides is 2. The number of thioether (sulfide) groups is 1. The number of benzene rings is 2. The van der Waals surface area contributed by atoms with Gasteiger partial charge in [-0.3, -0.25) is 14.5 Å². The number of carbonyl (C=O) groups excluding carboxylic acids is 2. The first kappa shape index (κ1) is 19.6. The molecule has 0 aromatic heterocycles. The smallest absolute Gasteiger partial charge is 0.293 e. The van der Waals surface area contributed by atoms with E-state index in [-0.39, 0.29) is 23.6 Å². The van der Waals surface area contributed by atoms with Gasteiger partial charge in [0, 0.05) is 22.1 Å². The summed E-state index contributed by atoms with van der Waals surface area (Å²) in [7, 11) is 0. The summed E-state index contributed by atoms with van der Waals surface area (Å²) in [5.74, 6) is -0.132. The average molecular weight is 450 g/mol. The molecular weight excluding hydrogens is 433 g/mol. The van der Waals surface area contributed by atoms with Gasteiger partial charge in [-0.15, -0.1) is 0 Å². The molecule has 1 saturated heterocycles. The van der Waals surface area contributed by atoms with Crippen LogP contribution in [-0.4, -0.2) is 22.6 Å². The molecule has 1 heterocycles. The summed E-state index contributed by atoms with van der Waals surface area (Å²) in [6.07, 6.45) is 2.35. The molecule has 0 bridgehead atoms. The molecule has 3 rings (SSSR count). The Kier molecular flexibility index (Phi) is 6.34. The highest BCUT2D eigenvalue weighted by Gasteiger charge is 2.34. The van der Waals surface area contributed by atoms with E-state index in [4.69, 9.17) is 4.74 Å². The third-order valence-corrected chi connectivity index (χ3v) is 5.32. The highest BCUT2D eigenvalue weighted by Crippen LogP contribution is 2.35. The quantitative estimate of drug-likeness (QED) is 0.537. The van der Waals surface area contributed by atoms with Crippen molar-refractivity contribution in [3.63, 3.8) is 0 Å². The molecule has 7 heteroatoms. The lowest BCUT2D eigenvalue weighted by Gasteiger charge is -2.11. The van der Waals surface area contributed by atoms with Gasteiger partial charge in [-0.1, -0.05) is 41.1 Å². The zero-order valence-electron chi connectivity index (χ0n) is 14.6. The minimum atomic E-state index is -0.336. The van der Waals surface area contributed by atoms with Gasteiger partial charge in [0.15, 0.2) is 0 Å². The Hall–Kier alpha value is -2.12. The average Bonchev–Trinajstić information content (AvgIpc) is 2.90. The van der Waals surface area contributed by atoms with E-state index in [0.717, 1.165) is 16.2 Å². The molecule has 0 saturated carbocycles. The van der Waals surface area contributed by atoms with Crippen LogP contribution >= 0.6 is 27.7 Å². The first-order chi connectivity index (χ1) is 13.0. The van der Waals surface area contributed by atoms with Gasteiger partial charge < -0.3 is 4.74 Å². The fourth-order valence-electron chi connectivity index (χ4n) is 2.59. The van der Waals surface area contributed by atoms with E-state index >= 15 is 0 Å². The van der Waals surface area contributed by atoms with Crippen molar-refractivity contribution in [2.75, 3.05) is 6.54 Å². The highest BCUT2D eigenvalue weighted by molar-refractivity contribution is 9.10. The lowest BCUT2D eigenvalue weighted by Crippen LogP contribution is -2.28. The summed E-state index contributed by atoms with van der Waals surface area (Å²) >= 11 is 4.32. The van der Waals surface area contributed by atoms with Gasteiger partial charge in [0.1, 0.15) is 18.2 Å². The molecule has 2 aromatic carbocycles. The molecule has 0 spiro atoms. The van der Waals surface area contributed by atoms with E-state index in [1.807, 2.05) is 6.92 Å². The summed E-state index contributed by atoms with van der Waals surface area (Å²) in [5.41, 5.74) is 1.08. The summed E-state index contributed by atoms with van der Waals surface area (Å²) in [5, 5.41) is -0.267. The number of carbonyl (C=O) groups is 2. The van der Waals surface area contributed by atoms with Crippen molar-refractivity contribution in [3.05, 3.63) is 68.8 Å². The van der Waals surface area contributed by atoms with Crippen molar-refractivity contribution in [1.82, 2.24) is 4.90 Å². The number of hydrogen-bond acceptors (Lipinski definition) is 4. The summed E-state index contributed by atoms with van der Waals surface area (Å²) in [6, 6.07) is 11.7. The van der Waals surface area contributed by atoms with Crippen LogP contribution in [0.25, 0.3) is 6.08 Å². The summed E-state index contributed by atoms with van der Waals surface area (Å²) < 4.78 is 20.4. The van der Waals surface area contributed by atoms with Gasteiger partial charge in [0.05, 0.1) is 4.91 Å². The van der Waals surface area contributed by atoms with Crippen molar-refractivity contribution >= 4 is 44.9 Å². The molecule has 2 amide bonds. The zero-order valence-corrected chi connectivity index (χ0v) is 17.0. The second kappa shape index (κ2) is 8.71. The van der Waals surface area contributed by atoms with Gasteiger partial charge >= 0.3 is 0 Å². The molecule has 0 atom stereocenters. The lowest BCUT2D eigenvalue weighted by atomic mass is 10.1. The van der Waals surface area contributed by atoms with E-state index in [2.05, 4.69) is 15.9 Å². The van der Waals surface area contributed by atoms with Gasteiger partial charge in [-0.25, -0.2) is 4.39 Å². The molecular formula is C20H17BrFNO3S. The largest absolute Gasteiger partial charge is 0.488 e. The van der Waals surface area contributed by atoms with Crippen LogP contribution in [0.2, 0.25) is 0 Å². The van der Waals surface area contributed by atoms with Crippen molar-refractivity contribution in [3.8, 4) is 5.75 Å². The Morgan fingerprint density at radius 3 is 2.74 bits per heavy atom. The molecule has 0 unspecified atom stereocenters. The maximum absolute atomic E-state index is 13.8. The third-order valence-electron chi connectivity index (χ3n) is 3.92. The van der Waals surface area contributed by atoms with Gasteiger partial charge in [-0.05, 0) is 48.5 Å². The Balaban J connectivity index is 1.85. The van der Waals surface area contributed by atoms with E-state index in [1.165, 1.54) is 11.0 Å². The molecule has 27 heavy (non-hydrogen) atoms. The molecule has 0 radical (unpaired) electrons. The van der Waals surface area contributed by atoms with Crippen LogP contribution in [0.15, 0.2) is 51.8 Å². The number of rotatable bonds is 6. The van der Waals surface area contributed by atoms with Crippen LogP contribution in [0.1, 0.15) is 24.5 Å². The van der Waals surface area contributed by atoms with Crippen molar-refractivity contribution < 1.29 is 18.7 Å². The first-order valence-electron chi connectivity index (χ1n) is 8.40.